The second-order valence-corrected chi connectivity index (χ2v) is 4.98. The van der Waals surface area contributed by atoms with E-state index >= 15 is 0 Å². The molecule has 1 aromatic heterocycles. The van der Waals surface area contributed by atoms with Crippen molar-refractivity contribution in [2.24, 2.45) is 5.92 Å². The lowest BCUT2D eigenvalue weighted by atomic mass is 9.82. The quantitative estimate of drug-likeness (QED) is 0.578. The fourth-order valence-corrected chi connectivity index (χ4v) is 2.40. The van der Waals surface area contributed by atoms with E-state index in [1.54, 1.807) is 43.3 Å². The van der Waals surface area contributed by atoms with E-state index in [0.29, 0.717) is 0 Å². The van der Waals surface area contributed by atoms with Crippen LogP contribution in [0.25, 0.3) is 0 Å². The van der Waals surface area contributed by atoms with E-state index in [2.05, 4.69) is 0 Å². The van der Waals surface area contributed by atoms with Crippen LogP contribution in [0.1, 0.15) is 35.4 Å². The van der Waals surface area contributed by atoms with Gasteiger partial charge in [0.15, 0.2) is 17.5 Å². The lowest BCUT2D eigenvalue weighted by Crippen LogP contribution is -2.25. The summed E-state index contributed by atoms with van der Waals surface area (Å²) in [5.41, 5.74) is 0.743. The van der Waals surface area contributed by atoms with Gasteiger partial charge in [-0.3, -0.25) is 9.59 Å². The molecular weight excluding hydrogens is 294 g/mol. The summed E-state index contributed by atoms with van der Waals surface area (Å²) in [7, 11) is 0. The molecule has 0 fully saturated rings. The number of nitriles is 1. The van der Waals surface area contributed by atoms with Gasteiger partial charge in [0.05, 0.1) is 18.9 Å². The van der Waals surface area contributed by atoms with E-state index in [0.717, 1.165) is 5.56 Å². The third kappa shape index (κ3) is 4.07. The maximum Gasteiger partial charge on any atom is 0.323 e. The highest BCUT2D eigenvalue weighted by molar-refractivity contribution is 5.94. The zero-order chi connectivity index (χ0) is 16.7. The Bertz CT molecular complexity index is 686. The first-order valence-corrected chi connectivity index (χ1v) is 7.35. The van der Waals surface area contributed by atoms with Gasteiger partial charge in [0.1, 0.15) is 0 Å². The van der Waals surface area contributed by atoms with E-state index in [1.807, 2.05) is 12.1 Å². The predicted molar refractivity (Wildman–Crippen MR) is 82.6 cm³/mol. The molecule has 118 valence electrons. The van der Waals surface area contributed by atoms with Crippen molar-refractivity contribution in [2.45, 2.75) is 19.3 Å². The van der Waals surface area contributed by atoms with Gasteiger partial charge in [-0.2, -0.15) is 5.26 Å². The molecule has 23 heavy (non-hydrogen) atoms. The summed E-state index contributed by atoms with van der Waals surface area (Å²) in [6, 6.07) is 14.2. The van der Waals surface area contributed by atoms with Crippen LogP contribution < -0.4 is 0 Å². The van der Waals surface area contributed by atoms with Crippen molar-refractivity contribution in [3.8, 4) is 6.07 Å². The number of esters is 1. The molecule has 0 amide bonds. The molecule has 0 spiro atoms. The molecule has 0 saturated heterocycles. The maximum absolute atomic E-state index is 12.3. The highest BCUT2D eigenvalue weighted by Crippen LogP contribution is 2.30. The SMILES string of the molecule is CCOC(=O)C(C#N)C(CC(=O)c1ccco1)c1ccccc1. The molecule has 0 saturated carbocycles. The number of carbonyl (C=O) groups excluding carboxylic acids is 2. The second-order valence-electron chi connectivity index (χ2n) is 4.98. The van der Waals surface area contributed by atoms with Crippen LogP contribution in [0.15, 0.2) is 53.1 Å². The molecule has 0 N–H and O–H groups in total. The summed E-state index contributed by atoms with van der Waals surface area (Å²) in [5.74, 6) is -2.29. The Balaban J connectivity index is 2.30. The number of ether oxygens (including phenoxy) is 1. The largest absolute Gasteiger partial charge is 0.465 e. The Kier molecular flexibility index (Phi) is 5.70. The van der Waals surface area contributed by atoms with E-state index in [1.165, 1.54) is 6.26 Å². The molecule has 0 radical (unpaired) electrons. The van der Waals surface area contributed by atoms with Crippen LogP contribution in [-0.4, -0.2) is 18.4 Å². The molecule has 2 rings (SSSR count). The van der Waals surface area contributed by atoms with Crippen LogP contribution in [0.4, 0.5) is 0 Å². The van der Waals surface area contributed by atoms with Gasteiger partial charge in [-0.15, -0.1) is 0 Å². The highest BCUT2D eigenvalue weighted by atomic mass is 16.5. The van der Waals surface area contributed by atoms with Gasteiger partial charge in [-0.25, -0.2) is 0 Å². The summed E-state index contributed by atoms with van der Waals surface area (Å²) in [5, 5.41) is 9.41. The van der Waals surface area contributed by atoms with E-state index in [-0.39, 0.29) is 24.6 Å². The molecule has 2 atom stereocenters. The third-order valence-electron chi connectivity index (χ3n) is 3.51. The van der Waals surface area contributed by atoms with Crippen molar-refractivity contribution < 1.29 is 18.7 Å². The molecule has 0 aliphatic carbocycles. The molecular formula is C18H17NO4. The normalized spacial score (nSPS) is 12.9. The average Bonchev–Trinajstić information content (AvgIpc) is 3.10. The number of benzene rings is 1. The van der Waals surface area contributed by atoms with Crippen molar-refractivity contribution in [2.75, 3.05) is 6.61 Å². The first kappa shape index (κ1) is 16.5. The van der Waals surface area contributed by atoms with Crippen molar-refractivity contribution in [1.29, 1.82) is 5.26 Å². The van der Waals surface area contributed by atoms with E-state index in [9.17, 15) is 14.9 Å². The number of Topliss-reactive ketones (excluding diaryl/α,β-unsaturated/α-hetero) is 1. The van der Waals surface area contributed by atoms with Crippen molar-refractivity contribution in [3.63, 3.8) is 0 Å². The summed E-state index contributed by atoms with van der Waals surface area (Å²) in [6.07, 6.45) is 1.41. The number of nitrogens with zero attached hydrogens (tertiary/aromatic N) is 1. The molecule has 0 aliphatic heterocycles. The van der Waals surface area contributed by atoms with E-state index in [4.69, 9.17) is 9.15 Å². The standard InChI is InChI=1S/C18H17NO4/c1-2-22-18(21)15(12-19)14(13-7-4-3-5-8-13)11-16(20)17-9-6-10-23-17/h3-10,14-15H,2,11H2,1H3. The Hall–Kier alpha value is -2.87. The molecule has 1 heterocycles. The third-order valence-corrected chi connectivity index (χ3v) is 3.51. The summed E-state index contributed by atoms with van der Waals surface area (Å²) >= 11 is 0. The van der Waals surface area contributed by atoms with Crippen LogP contribution in [0.5, 0.6) is 0 Å². The van der Waals surface area contributed by atoms with Crippen LogP contribution >= 0.6 is 0 Å². The lowest BCUT2D eigenvalue weighted by molar-refractivity contribution is -0.146. The maximum atomic E-state index is 12.3. The van der Waals surface area contributed by atoms with Crippen molar-refractivity contribution >= 4 is 11.8 Å². The second kappa shape index (κ2) is 7.95. The van der Waals surface area contributed by atoms with Gasteiger partial charge in [0.2, 0.25) is 0 Å². The number of carbonyl (C=O) groups is 2. The summed E-state index contributed by atoms with van der Waals surface area (Å²) in [4.78, 5) is 24.4. The number of furan rings is 1. The lowest BCUT2D eigenvalue weighted by Gasteiger charge is -2.20. The molecule has 2 aromatic rings. The molecule has 2 unspecified atom stereocenters. The minimum atomic E-state index is -1.05. The first-order chi connectivity index (χ1) is 11.2. The molecule has 5 heteroatoms. The minimum Gasteiger partial charge on any atom is -0.465 e. The fourth-order valence-electron chi connectivity index (χ4n) is 2.40. The van der Waals surface area contributed by atoms with Crippen LogP contribution in [-0.2, 0) is 9.53 Å². The smallest absolute Gasteiger partial charge is 0.323 e. The van der Waals surface area contributed by atoms with Gasteiger partial charge in [-0.05, 0) is 24.6 Å². The van der Waals surface area contributed by atoms with Crippen LogP contribution in [0, 0.1) is 17.2 Å². The first-order valence-electron chi connectivity index (χ1n) is 7.35. The zero-order valence-electron chi connectivity index (χ0n) is 12.8. The van der Waals surface area contributed by atoms with Crippen LogP contribution in [0.3, 0.4) is 0 Å². The molecule has 1 aromatic carbocycles. The summed E-state index contributed by atoms with van der Waals surface area (Å²) in [6.45, 7) is 1.86. The Morgan fingerprint density at radius 2 is 1.96 bits per heavy atom. The number of hydrogen-bond acceptors (Lipinski definition) is 5. The van der Waals surface area contributed by atoms with Gasteiger partial charge in [0.25, 0.3) is 0 Å². The number of hydrogen-bond donors (Lipinski definition) is 0. The predicted octanol–water partition coefficient (Wildman–Crippen LogP) is 3.34. The van der Waals surface area contributed by atoms with E-state index < -0.39 is 17.8 Å². The van der Waals surface area contributed by atoms with Crippen molar-refractivity contribution in [1.82, 2.24) is 0 Å². The summed E-state index contributed by atoms with van der Waals surface area (Å²) < 4.78 is 10.1. The van der Waals surface area contributed by atoms with Gasteiger partial charge in [-0.1, -0.05) is 30.3 Å². The Morgan fingerprint density at radius 1 is 1.22 bits per heavy atom. The fraction of sp³-hybridized carbons (Fsp3) is 0.278. The average molecular weight is 311 g/mol. The molecule has 0 aliphatic rings. The number of ketones is 1. The topological polar surface area (TPSA) is 80.3 Å². The Morgan fingerprint density at radius 3 is 2.52 bits per heavy atom. The number of rotatable bonds is 7. The zero-order valence-corrected chi connectivity index (χ0v) is 12.8. The molecule has 0 bridgehead atoms. The van der Waals surface area contributed by atoms with Crippen molar-refractivity contribution in [3.05, 3.63) is 60.1 Å². The molecule has 5 nitrogen and oxygen atoms in total. The monoisotopic (exact) mass is 311 g/mol. The van der Waals surface area contributed by atoms with Gasteiger partial charge < -0.3 is 9.15 Å². The van der Waals surface area contributed by atoms with Crippen LogP contribution in [0.2, 0.25) is 0 Å². The highest BCUT2D eigenvalue weighted by Gasteiger charge is 2.33. The minimum absolute atomic E-state index is 0.00539. The van der Waals surface area contributed by atoms with Gasteiger partial charge in [0, 0.05) is 12.3 Å². The van der Waals surface area contributed by atoms with Gasteiger partial charge >= 0.3 is 5.97 Å². The Labute approximate surface area is 134 Å².